The second kappa shape index (κ2) is 3.46. The molecule has 4 atom stereocenters. The van der Waals surface area contributed by atoms with E-state index >= 15 is 0 Å². The number of hydrogen-bond donors (Lipinski definition) is 2. The maximum absolute atomic E-state index is 9.12. The third-order valence-electron chi connectivity index (χ3n) is 5.55. The van der Waals surface area contributed by atoms with Gasteiger partial charge in [0.1, 0.15) is 0 Å². The van der Waals surface area contributed by atoms with Crippen LogP contribution < -0.4 is 5.32 Å². The lowest BCUT2D eigenvalue weighted by Crippen LogP contribution is -2.48. The van der Waals surface area contributed by atoms with Gasteiger partial charge in [-0.05, 0) is 42.9 Å². The van der Waals surface area contributed by atoms with Crippen molar-refractivity contribution in [2.75, 3.05) is 6.61 Å². The molecule has 2 aliphatic rings. The van der Waals surface area contributed by atoms with E-state index in [1.165, 1.54) is 19.3 Å². The van der Waals surface area contributed by atoms with Crippen LogP contribution in [0, 0.1) is 16.7 Å². The highest BCUT2D eigenvalue weighted by Gasteiger charge is 2.61. The minimum absolute atomic E-state index is 0.238. The van der Waals surface area contributed by atoms with Crippen LogP contribution in [0.25, 0.3) is 0 Å². The summed E-state index contributed by atoms with van der Waals surface area (Å²) in [7, 11) is 0. The molecule has 0 heterocycles. The van der Waals surface area contributed by atoms with Gasteiger partial charge in [0.2, 0.25) is 0 Å². The Kier molecular flexibility index (Phi) is 2.63. The van der Waals surface area contributed by atoms with Gasteiger partial charge in [-0.2, -0.15) is 0 Å². The van der Waals surface area contributed by atoms with E-state index in [4.69, 9.17) is 5.11 Å². The Labute approximate surface area is 93.5 Å². The van der Waals surface area contributed by atoms with Gasteiger partial charge in [-0.15, -0.1) is 0 Å². The van der Waals surface area contributed by atoms with E-state index in [1.807, 2.05) is 0 Å². The molecule has 2 fully saturated rings. The van der Waals surface area contributed by atoms with Crippen LogP contribution in [-0.4, -0.2) is 23.8 Å². The number of hydrogen-bond acceptors (Lipinski definition) is 2. The van der Waals surface area contributed by atoms with Gasteiger partial charge in [0.05, 0.1) is 6.61 Å². The zero-order chi connectivity index (χ0) is 11.3. The molecule has 0 aromatic rings. The van der Waals surface area contributed by atoms with Gasteiger partial charge >= 0.3 is 0 Å². The van der Waals surface area contributed by atoms with Gasteiger partial charge in [0.15, 0.2) is 0 Å². The highest BCUT2D eigenvalue weighted by Crippen LogP contribution is 2.65. The molecule has 2 aliphatic carbocycles. The third-order valence-corrected chi connectivity index (χ3v) is 5.55. The smallest absolute Gasteiger partial charge is 0.0582 e. The topological polar surface area (TPSA) is 32.3 Å². The molecule has 0 aromatic heterocycles. The summed E-state index contributed by atoms with van der Waals surface area (Å²) in [5.74, 6) is 0.880. The van der Waals surface area contributed by atoms with Crippen LogP contribution in [0.2, 0.25) is 0 Å². The maximum Gasteiger partial charge on any atom is 0.0582 e. The van der Waals surface area contributed by atoms with Crippen LogP contribution in [-0.2, 0) is 0 Å². The van der Waals surface area contributed by atoms with Crippen molar-refractivity contribution in [3.05, 3.63) is 0 Å². The molecule has 15 heavy (non-hydrogen) atoms. The van der Waals surface area contributed by atoms with E-state index in [0.717, 1.165) is 5.92 Å². The van der Waals surface area contributed by atoms with Crippen molar-refractivity contribution >= 4 is 0 Å². The van der Waals surface area contributed by atoms with E-state index in [2.05, 4.69) is 33.0 Å². The van der Waals surface area contributed by atoms with E-state index in [9.17, 15) is 0 Å². The molecular formula is C13H25NO. The first kappa shape index (κ1) is 11.4. The second-order valence-corrected chi connectivity index (χ2v) is 6.41. The molecule has 0 radical (unpaired) electrons. The Hall–Kier alpha value is -0.0800. The first-order valence-electron chi connectivity index (χ1n) is 6.28. The van der Waals surface area contributed by atoms with Crippen LogP contribution in [0.5, 0.6) is 0 Å². The average molecular weight is 211 g/mol. The third kappa shape index (κ3) is 1.45. The Balaban J connectivity index is 2.12. The summed E-state index contributed by atoms with van der Waals surface area (Å²) in [5, 5.41) is 12.7. The summed E-state index contributed by atoms with van der Waals surface area (Å²) in [6, 6.07) is 0.843. The number of aliphatic hydroxyl groups excluding tert-OH is 1. The zero-order valence-corrected chi connectivity index (χ0v) is 10.5. The number of aliphatic hydroxyl groups is 1. The van der Waals surface area contributed by atoms with Gasteiger partial charge in [-0.3, -0.25) is 0 Å². The fourth-order valence-corrected chi connectivity index (χ4v) is 3.85. The first-order valence-corrected chi connectivity index (χ1v) is 6.28. The normalized spacial score (nSPS) is 44.6. The maximum atomic E-state index is 9.12. The summed E-state index contributed by atoms with van der Waals surface area (Å²) >= 11 is 0. The Morgan fingerprint density at radius 2 is 2.07 bits per heavy atom. The van der Waals surface area contributed by atoms with Crippen molar-refractivity contribution < 1.29 is 5.11 Å². The molecule has 0 aromatic carbocycles. The van der Waals surface area contributed by atoms with Crippen molar-refractivity contribution in [1.29, 1.82) is 0 Å². The lowest BCUT2D eigenvalue weighted by atomic mass is 9.69. The lowest BCUT2D eigenvalue weighted by molar-refractivity contribution is 0.109. The minimum atomic E-state index is 0.238. The standard InChI is InChI=1S/C13H25NO/c1-9(8-15)14-11-7-10-5-6-13(11,4)12(10,2)3/h9-11,14-15H,5-8H2,1-4H3/t9-,10?,11?,13+/m1/s1. The van der Waals surface area contributed by atoms with Crippen LogP contribution in [0.4, 0.5) is 0 Å². The molecule has 2 saturated carbocycles. The number of fused-ring (bicyclic) bond motifs is 2. The lowest BCUT2D eigenvalue weighted by Gasteiger charge is -2.40. The molecule has 2 unspecified atom stereocenters. The van der Waals surface area contributed by atoms with Gasteiger partial charge in [-0.1, -0.05) is 20.8 Å². The van der Waals surface area contributed by atoms with Crippen molar-refractivity contribution in [2.24, 2.45) is 16.7 Å². The van der Waals surface area contributed by atoms with E-state index in [0.29, 0.717) is 16.9 Å². The summed E-state index contributed by atoms with van der Waals surface area (Å²) < 4.78 is 0. The summed E-state index contributed by atoms with van der Waals surface area (Å²) in [5.41, 5.74) is 0.904. The highest BCUT2D eigenvalue weighted by molar-refractivity contribution is 5.13. The molecule has 2 heteroatoms. The van der Waals surface area contributed by atoms with E-state index in [-0.39, 0.29) is 12.6 Å². The predicted molar refractivity (Wildman–Crippen MR) is 62.7 cm³/mol. The second-order valence-electron chi connectivity index (χ2n) is 6.41. The fourth-order valence-electron chi connectivity index (χ4n) is 3.85. The van der Waals surface area contributed by atoms with Gasteiger partial charge in [0, 0.05) is 12.1 Å². The Morgan fingerprint density at radius 1 is 1.40 bits per heavy atom. The highest BCUT2D eigenvalue weighted by atomic mass is 16.3. The SMILES string of the molecule is C[C@H](CO)NC1CC2CC[C@]1(C)C2(C)C. The fraction of sp³-hybridized carbons (Fsp3) is 1.00. The molecule has 0 aliphatic heterocycles. The van der Waals surface area contributed by atoms with E-state index < -0.39 is 0 Å². The summed E-state index contributed by atoms with van der Waals surface area (Å²) in [6.45, 7) is 9.60. The molecule has 0 amide bonds. The molecule has 2 rings (SSSR count). The molecule has 2 nitrogen and oxygen atoms in total. The number of nitrogens with one attached hydrogen (secondary N) is 1. The van der Waals surface area contributed by atoms with Crippen molar-refractivity contribution in [3.63, 3.8) is 0 Å². The van der Waals surface area contributed by atoms with E-state index in [1.54, 1.807) is 0 Å². The molecule has 2 N–H and O–H groups in total. The molecular weight excluding hydrogens is 186 g/mol. The van der Waals surface area contributed by atoms with Crippen molar-refractivity contribution in [2.45, 2.75) is 59.0 Å². The van der Waals surface area contributed by atoms with Crippen LogP contribution in [0.1, 0.15) is 47.0 Å². The van der Waals surface area contributed by atoms with Crippen LogP contribution >= 0.6 is 0 Å². The van der Waals surface area contributed by atoms with Gasteiger partial charge in [0.25, 0.3) is 0 Å². The van der Waals surface area contributed by atoms with Crippen LogP contribution in [0.15, 0.2) is 0 Å². The van der Waals surface area contributed by atoms with Gasteiger partial charge in [-0.25, -0.2) is 0 Å². The minimum Gasteiger partial charge on any atom is -0.395 e. The Morgan fingerprint density at radius 3 is 2.47 bits per heavy atom. The molecule has 2 bridgehead atoms. The monoisotopic (exact) mass is 211 g/mol. The largest absolute Gasteiger partial charge is 0.395 e. The average Bonchev–Trinajstić information content (AvgIpc) is 2.50. The first-order chi connectivity index (χ1) is 6.91. The molecule has 0 saturated heterocycles. The Bertz CT molecular complexity index is 251. The van der Waals surface area contributed by atoms with Gasteiger partial charge < -0.3 is 10.4 Å². The van der Waals surface area contributed by atoms with Crippen molar-refractivity contribution in [3.8, 4) is 0 Å². The quantitative estimate of drug-likeness (QED) is 0.750. The molecule has 0 spiro atoms. The zero-order valence-electron chi connectivity index (χ0n) is 10.5. The summed E-state index contributed by atoms with van der Waals surface area (Å²) in [6.07, 6.45) is 4.05. The van der Waals surface area contributed by atoms with Crippen LogP contribution in [0.3, 0.4) is 0 Å². The number of rotatable bonds is 3. The molecule has 88 valence electrons. The predicted octanol–water partition coefficient (Wildman–Crippen LogP) is 2.17. The summed E-state index contributed by atoms with van der Waals surface area (Å²) in [4.78, 5) is 0. The van der Waals surface area contributed by atoms with Crippen molar-refractivity contribution in [1.82, 2.24) is 5.32 Å².